The van der Waals surface area contributed by atoms with Gasteiger partial charge in [-0.2, -0.15) is 0 Å². The summed E-state index contributed by atoms with van der Waals surface area (Å²) >= 11 is 0. The molecular weight excluding hydrogens is 224 g/mol. The summed E-state index contributed by atoms with van der Waals surface area (Å²) in [5.74, 6) is 0.0467. The SMILES string of the molecule is O=C(CNC1CCCCCC1)Nc1ccccc1. The molecule has 1 aliphatic carbocycles. The zero-order chi connectivity index (χ0) is 12.6. The molecule has 98 valence electrons. The van der Waals surface area contributed by atoms with Crippen LogP contribution in [0.5, 0.6) is 0 Å². The first-order valence-electron chi connectivity index (χ1n) is 6.93. The van der Waals surface area contributed by atoms with Crippen molar-refractivity contribution in [3.05, 3.63) is 30.3 Å². The van der Waals surface area contributed by atoms with E-state index in [0.29, 0.717) is 12.6 Å². The van der Waals surface area contributed by atoms with Gasteiger partial charge in [-0.1, -0.05) is 43.9 Å². The van der Waals surface area contributed by atoms with Gasteiger partial charge in [0.15, 0.2) is 0 Å². The van der Waals surface area contributed by atoms with E-state index in [-0.39, 0.29) is 5.91 Å². The highest BCUT2D eigenvalue weighted by molar-refractivity contribution is 5.92. The first kappa shape index (κ1) is 13.1. The Morgan fingerprint density at radius 2 is 1.72 bits per heavy atom. The molecule has 0 spiro atoms. The summed E-state index contributed by atoms with van der Waals surface area (Å²) < 4.78 is 0. The standard InChI is InChI=1S/C15H22N2O/c18-15(17-14-10-6-3-7-11-14)12-16-13-8-4-1-2-5-9-13/h3,6-7,10-11,13,16H,1-2,4-5,8-9,12H2,(H,17,18). The maximum absolute atomic E-state index is 11.8. The van der Waals surface area contributed by atoms with Crippen molar-refractivity contribution >= 4 is 11.6 Å². The molecule has 1 aromatic rings. The van der Waals surface area contributed by atoms with Crippen LogP contribution in [0.4, 0.5) is 5.69 Å². The number of hydrogen-bond donors (Lipinski definition) is 2. The van der Waals surface area contributed by atoms with Crippen molar-refractivity contribution in [2.75, 3.05) is 11.9 Å². The molecule has 2 N–H and O–H groups in total. The molecule has 0 radical (unpaired) electrons. The Bertz CT molecular complexity index is 356. The molecule has 0 bridgehead atoms. The van der Waals surface area contributed by atoms with Crippen LogP contribution in [0.2, 0.25) is 0 Å². The zero-order valence-electron chi connectivity index (χ0n) is 10.8. The van der Waals surface area contributed by atoms with Crippen LogP contribution >= 0.6 is 0 Å². The highest BCUT2D eigenvalue weighted by Gasteiger charge is 2.12. The van der Waals surface area contributed by atoms with Gasteiger partial charge in [0.1, 0.15) is 0 Å². The van der Waals surface area contributed by atoms with Gasteiger partial charge in [0, 0.05) is 11.7 Å². The molecule has 1 saturated carbocycles. The van der Waals surface area contributed by atoms with E-state index in [4.69, 9.17) is 0 Å². The number of carbonyl (C=O) groups excluding carboxylic acids is 1. The van der Waals surface area contributed by atoms with Crippen LogP contribution < -0.4 is 10.6 Å². The number of hydrogen-bond acceptors (Lipinski definition) is 2. The van der Waals surface area contributed by atoms with E-state index in [2.05, 4.69) is 10.6 Å². The summed E-state index contributed by atoms with van der Waals surface area (Å²) in [4.78, 5) is 11.8. The molecule has 0 aromatic heterocycles. The van der Waals surface area contributed by atoms with Gasteiger partial charge in [-0.05, 0) is 25.0 Å². The second-order valence-corrected chi connectivity index (χ2v) is 4.98. The number of rotatable bonds is 4. The average molecular weight is 246 g/mol. The Balaban J connectivity index is 1.71. The summed E-state index contributed by atoms with van der Waals surface area (Å²) in [6, 6.07) is 10.1. The molecule has 3 nitrogen and oxygen atoms in total. The Kier molecular flexibility index (Phi) is 5.21. The summed E-state index contributed by atoms with van der Waals surface area (Å²) in [5, 5.41) is 6.27. The Labute approximate surface area is 109 Å². The van der Waals surface area contributed by atoms with E-state index in [1.54, 1.807) is 0 Å². The van der Waals surface area contributed by atoms with Gasteiger partial charge in [-0.25, -0.2) is 0 Å². The van der Waals surface area contributed by atoms with Crippen molar-refractivity contribution in [3.8, 4) is 0 Å². The fourth-order valence-corrected chi connectivity index (χ4v) is 2.45. The predicted molar refractivity (Wildman–Crippen MR) is 74.6 cm³/mol. The van der Waals surface area contributed by atoms with Crippen molar-refractivity contribution in [1.29, 1.82) is 0 Å². The fraction of sp³-hybridized carbons (Fsp3) is 0.533. The molecule has 1 amide bonds. The zero-order valence-corrected chi connectivity index (χ0v) is 10.8. The van der Waals surface area contributed by atoms with E-state index >= 15 is 0 Å². The largest absolute Gasteiger partial charge is 0.325 e. The molecule has 1 fully saturated rings. The summed E-state index contributed by atoms with van der Waals surface area (Å²) in [5.41, 5.74) is 0.866. The molecule has 0 heterocycles. The smallest absolute Gasteiger partial charge is 0.238 e. The summed E-state index contributed by atoms with van der Waals surface area (Å²) in [6.45, 7) is 0.416. The van der Waals surface area contributed by atoms with Crippen LogP contribution in [0.3, 0.4) is 0 Å². The van der Waals surface area contributed by atoms with Gasteiger partial charge in [0.25, 0.3) is 0 Å². The lowest BCUT2D eigenvalue weighted by Gasteiger charge is -2.15. The number of amides is 1. The Morgan fingerprint density at radius 3 is 2.39 bits per heavy atom. The van der Waals surface area contributed by atoms with Gasteiger partial charge in [0.2, 0.25) is 5.91 Å². The van der Waals surface area contributed by atoms with E-state index < -0.39 is 0 Å². The first-order valence-corrected chi connectivity index (χ1v) is 6.93. The quantitative estimate of drug-likeness (QED) is 0.802. The molecule has 0 aliphatic heterocycles. The minimum atomic E-state index is 0.0467. The van der Waals surface area contributed by atoms with Crippen LogP contribution in [0.25, 0.3) is 0 Å². The third kappa shape index (κ3) is 4.49. The van der Waals surface area contributed by atoms with Gasteiger partial charge in [0.05, 0.1) is 6.54 Å². The van der Waals surface area contributed by atoms with Crippen molar-refractivity contribution in [3.63, 3.8) is 0 Å². The van der Waals surface area contributed by atoms with Crippen LogP contribution in [0.1, 0.15) is 38.5 Å². The van der Waals surface area contributed by atoms with Crippen molar-refractivity contribution in [1.82, 2.24) is 5.32 Å². The Hall–Kier alpha value is -1.35. The number of benzene rings is 1. The first-order chi connectivity index (χ1) is 8.84. The Morgan fingerprint density at radius 1 is 1.06 bits per heavy atom. The van der Waals surface area contributed by atoms with Crippen molar-refractivity contribution in [2.45, 2.75) is 44.6 Å². The van der Waals surface area contributed by atoms with Crippen LogP contribution in [-0.4, -0.2) is 18.5 Å². The molecule has 0 unspecified atom stereocenters. The molecule has 3 heteroatoms. The maximum Gasteiger partial charge on any atom is 0.238 e. The van der Waals surface area contributed by atoms with Gasteiger partial charge in [-0.15, -0.1) is 0 Å². The highest BCUT2D eigenvalue weighted by Crippen LogP contribution is 2.16. The van der Waals surface area contributed by atoms with E-state index in [9.17, 15) is 4.79 Å². The third-order valence-electron chi connectivity index (χ3n) is 3.46. The second kappa shape index (κ2) is 7.17. The van der Waals surface area contributed by atoms with Gasteiger partial charge < -0.3 is 10.6 Å². The molecule has 0 saturated heterocycles. The fourth-order valence-electron chi connectivity index (χ4n) is 2.45. The molecule has 1 aliphatic rings. The molecule has 1 aromatic carbocycles. The lowest BCUT2D eigenvalue weighted by atomic mass is 10.1. The number of para-hydroxylation sites is 1. The number of carbonyl (C=O) groups is 1. The number of nitrogens with one attached hydrogen (secondary N) is 2. The van der Waals surface area contributed by atoms with Gasteiger partial charge in [-0.3, -0.25) is 4.79 Å². The van der Waals surface area contributed by atoms with E-state index in [1.807, 2.05) is 30.3 Å². The van der Waals surface area contributed by atoms with Gasteiger partial charge >= 0.3 is 0 Å². The molecule has 0 atom stereocenters. The highest BCUT2D eigenvalue weighted by atomic mass is 16.1. The monoisotopic (exact) mass is 246 g/mol. The summed E-state index contributed by atoms with van der Waals surface area (Å²) in [7, 11) is 0. The predicted octanol–water partition coefficient (Wildman–Crippen LogP) is 2.94. The second-order valence-electron chi connectivity index (χ2n) is 4.98. The van der Waals surface area contributed by atoms with Crippen LogP contribution in [0.15, 0.2) is 30.3 Å². The molecular formula is C15H22N2O. The van der Waals surface area contributed by atoms with E-state index in [0.717, 1.165) is 5.69 Å². The topological polar surface area (TPSA) is 41.1 Å². The minimum absolute atomic E-state index is 0.0467. The van der Waals surface area contributed by atoms with Crippen molar-refractivity contribution < 1.29 is 4.79 Å². The maximum atomic E-state index is 11.8. The van der Waals surface area contributed by atoms with E-state index in [1.165, 1.54) is 38.5 Å². The molecule has 2 rings (SSSR count). The van der Waals surface area contributed by atoms with Crippen molar-refractivity contribution in [2.24, 2.45) is 0 Å². The lowest BCUT2D eigenvalue weighted by molar-refractivity contribution is -0.115. The van der Waals surface area contributed by atoms with Crippen LogP contribution in [-0.2, 0) is 4.79 Å². The van der Waals surface area contributed by atoms with Crippen LogP contribution in [0, 0.1) is 0 Å². The normalized spacial score (nSPS) is 17.1. The average Bonchev–Trinajstić information content (AvgIpc) is 2.66. The number of anilines is 1. The lowest BCUT2D eigenvalue weighted by Crippen LogP contribution is -2.35. The summed E-state index contributed by atoms with van der Waals surface area (Å²) in [6.07, 6.45) is 7.68. The molecule has 18 heavy (non-hydrogen) atoms. The third-order valence-corrected chi connectivity index (χ3v) is 3.46. The minimum Gasteiger partial charge on any atom is -0.325 e.